The maximum absolute atomic E-state index is 13.8. The van der Waals surface area contributed by atoms with E-state index < -0.39 is 17.1 Å². The number of amides is 3. The minimum atomic E-state index is -0.615. The molecule has 0 bridgehead atoms. The van der Waals surface area contributed by atoms with Crippen LogP contribution in [-0.4, -0.2) is 34.5 Å². The van der Waals surface area contributed by atoms with Crippen LogP contribution < -0.4 is 16.0 Å². The number of hydrogen-bond acceptors (Lipinski definition) is 6. The van der Waals surface area contributed by atoms with Crippen molar-refractivity contribution in [2.75, 3.05) is 10.6 Å². The highest BCUT2D eigenvalue weighted by molar-refractivity contribution is 8.00. The minimum absolute atomic E-state index is 0.0536. The highest BCUT2D eigenvalue weighted by Gasteiger charge is 2.32. The molecule has 1 aliphatic rings. The summed E-state index contributed by atoms with van der Waals surface area (Å²) in [6.45, 7) is 1.73. The van der Waals surface area contributed by atoms with Gasteiger partial charge in [-0.1, -0.05) is 103 Å². The maximum Gasteiger partial charge on any atom is 0.272 e. The third kappa shape index (κ3) is 7.03. The van der Waals surface area contributed by atoms with Crippen LogP contribution in [0.1, 0.15) is 54.7 Å². The number of nitrogens with one attached hydrogen (secondary N) is 3. The van der Waals surface area contributed by atoms with E-state index in [0.29, 0.717) is 27.3 Å². The lowest BCUT2D eigenvalue weighted by Crippen LogP contribution is -2.30. The fourth-order valence-electron chi connectivity index (χ4n) is 6.06. The zero-order valence-corrected chi connectivity index (χ0v) is 28.7. The highest BCUT2D eigenvalue weighted by Crippen LogP contribution is 2.33. The molecule has 0 fully saturated rings. The molecule has 52 heavy (non-hydrogen) atoms. The first-order chi connectivity index (χ1) is 25.3. The number of fused-ring (bicyclic) bond motifs is 3. The van der Waals surface area contributed by atoms with Crippen LogP contribution >= 0.6 is 11.8 Å². The standard InChI is InChI=1S/C43H31N3O5S/c1-26(41(49)45-36-23-11-22-35-38(36)40(48)34-21-8-7-20-33(34)39(35)47)52-31-18-10-17-30(25-31)44-43(51)37(46-42(50)28-13-3-2-4-14-28)24-29-16-9-15-27-12-5-6-19-32(27)29/h2-26H,1H3,(H,44,51)(H,45,49)(H,46,50)/b37-24+. The van der Waals surface area contributed by atoms with Crippen molar-refractivity contribution >= 4 is 69.3 Å². The van der Waals surface area contributed by atoms with E-state index in [2.05, 4.69) is 16.0 Å². The first-order valence-electron chi connectivity index (χ1n) is 16.5. The Kier molecular flexibility index (Phi) is 9.60. The first kappa shape index (κ1) is 33.9. The Labute approximate surface area is 304 Å². The lowest BCUT2D eigenvalue weighted by Gasteiger charge is -2.21. The molecule has 6 aromatic rings. The molecule has 8 nitrogen and oxygen atoms in total. The third-order valence-corrected chi connectivity index (χ3v) is 9.73. The van der Waals surface area contributed by atoms with Crippen LogP contribution in [0.3, 0.4) is 0 Å². The third-order valence-electron chi connectivity index (χ3n) is 8.64. The van der Waals surface area contributed by atoms with E-state index in [1.165, 1.54) is 11.8 Å². The van der Waals surface area contributed by atoms with Crippen LogP contribution in [0.2, 0.25) is 0 Å². The van der Waals surface area contributed by atoms with Gasteiger partial charge in [0.1, 0.15) is 5.70 Å². The maximum atomic E-state index is 13.8. The van der Waals surface area contributed by atoms with Gasteiger partial charge in [0.15, 0.2) is 11.6 Å². The van der Waals surface area contributed by atoms with Gasteiger partial charge in [-0.25, -0.2) is 0 Å². The average molecular weight is 702 g/mol. The molecule has 1 unspecified atom stereocenters. The predicted octanol–water partition coefficient (Wildman–Crippen LogP) is 8.14. The Morgan fingerprint density at radius 3 is 2.12 bits per heavy atom. The van der Waals surface area contributed by atoms with Gasteiger partial charge < -0.3 is 16.0 Å². The van der Waals surface area contributed by atoms with Crippen molar-refractivity contribution in [2.24, 2.45) is 0 Å². The van der Waals surface area contributed by atoms with Crippen LogP contribution in [0.5, 0.6) is 0 Å². The molecule has 254 valence electrons. The number of carbonyl (C=O) groups excluding carboxylic acids is 5. The fourth-order valence-corrected chi connectivity index (χ4v) is 6.99. The van der Waals surface area contributed by atoms with E-state index in [1.807, 2.05) is 54.6 Å². The van der Waals surface area contributed by atoms with Crippen molar-refractivity contribution in [3.05, 3.63) is 179 Å². The monoisotopic (exact) mass is 701 g/mol. The van der Waals surface area contributed by atoms with Crippen LogP contribution in [-0.2, 0) is 9.59 Å². The minimum Gasteiger partial charge on any atom is -0.324 e. The Balaban J connectivity index is 1.08. The van der Waals surface area contributed by atoms with Crippen LogP contribution in [0.4, 0.5) is 11.4 Å². The number of ketones is 2. The summed E-state index contributed by atoms with van der Waals surface area (Å²) >= 11 is 1.26. The molecule has 3 N–H and O–H groups in total. The molecule has 7 rings (SSSR count). The molecule has 0 radical (unpaired) electrons. The molecule has 0 saturated carbocycles. The van der Waals surface area contributed by atoms with Gasteiger partial charge in [0, 0.05) is 32.8 Å². The lowest BCUT2D eigenvalue weighted by atomic mass is 9.83. The van der Waals surface area contributed by atoms with Crippen molar-refractivity contribution < 1.29 is 24.0 Å². The van der Waals surface area contributed by atoms with E-state index in [4.69, 9.17) is 0 Å². The second-order valence-electron chi connectivity index (χ2n) is 12.1. The van der Waals surface area contributed by atoms with Crippen molar-refractivity contribution in [3.8, 4) is 0 Å². The summed E-state index contributed by atoms with van der Waals surface area (Å²) < 4.78 is 0. The molecule has 6 aromatic carbocycles. The highest BCUT2D eigenvalue weighted by atomic mass is 32.2. The van der Waals surface area contributed by atoms with Crippen molar-refractivity contribution in [1.29, 1.82) is 0 Å². The molecule has 0 aromatic heterocycles. The largest absolute Gasteiger partial charge is 0.324 e. The van der Waals surface area contributed by atoms with E-state index in [9.17, 15) is 24.0 Å². The number of benzene rings is 6. The Bertz CT molecular complexity index is 2430. The SMILES string of the molecule is CC(Sc1cccc(NC(=O)/C(=C\c2cccc3ccccc23)NC(=O)c2ccccc2)c1)C(=O)Nc1cccc2c1C(=O)c1ccccc1C2=O. The smallest absolute Gasteiger partial charge is 0.272 e. The molecular weight excluding hydrogens is 671 g/mol. The zero-order chi connectivity index (χ0) is 36.2. The summed E-state index contributed by atoms with van der Waals surface area (Å²) in [6.07, 6.45) is 1.66. The summed E-state index contributed by atoms with van der Waals surface area (Å²) in [4.78, 5) is 67.7. The van der Waals surface area contributed by atoms with E-state index in [0.717, 1.165) is 16.3 Å². The molecule has 1 aliphatic carbocycles. The van der Waals surface area contributed by atoms with Crippen LogP contribution in [0.15, 0.2) is 150 Å². The van der Waals surface area contributed by atoms with Gasteiger partial charge in [0.2, 0.25) is 5.91 Å². The number of hydrogen-bond donors (Lipinski definition) is 3. The Hall–Kier alpha value is -6.58. The Morgan fingerprint density at radius 2 is 1.31 bits per heavy atom. The number of rotatable bonds is 9. The van der Waals surface area contributed by atoms with Crippen molar-refractivity contribution in [2.45, 2.75) is 17.1 Å². The van der Waals surface area contributed by atoms with E-state index in [-0.39, 0.29) is 40.0 Å². The molecule has 1 atom stereocenters. The molecule has 0 aliphatic heterocycles. The number of carbonyl (C=O) groups is 5. The van der Waals surface area contributed by atoms with Gasteiger partial charge in [-0.3, -0.25) is 24.0 Å². The molecule has 0 heterocycles. The summed E-state index contributed by atoms with van der Waals surface area (Å²) in [7, 11) is 0. The van der Waals surface area contributed by atoms with Crippen molar-refractivity contribution in [3.63, 3.8) is 0 Å². The fraction of sp³-hybridized carbons (Fsp3) is 0.0465. The second-order valence-corrected chi connectivity index (χ2v) is 13.5. The number of anilines is 2. The topological polar surface area (TPSA) is 121 Å². The Morgan fingerprint density at radius 1 is 0.654 bits per heavy atom. The lowest BCUT2D eigenvalue weighted by molar-refractivity contribution is -0.115. The van der Waals surface area contributed by atoms with Gasteiger partial charge >= 0.3 is 0 Å². The van der Waals surface area contributed by atoms with E-state index >= 15 is 0 Å². The first-order valence-corrected chi connectivity index (χ1v) is 17.4. The van der Waals surface area contributed by atoms with Gasteiger partial charge in [-0.05, 0) is 65.7 Å². The molecule has 0 saturated heterocycles. The average Bonchev–Trinajstić information content (AvgIpc) is 3.17. The van der Waals surface area contributed by atoms with Gasteiger partial charge in [-0.15, -0.1) is 11.8 Å². The predicted molar refractivity (Wildman–Crippen MR) is 205 cm³/mol. The van der Waals surface area contributed by atoms with Gasteiger partial charge in [-0.2, -0.15) is 0 Å². The summed E-state index contributed by atoms with van der Waals surface area (Å²) in [6, 6.07) is 40.7. The normalized spacial score (nSPS) is 12.8. The van der Waals surface area contributed by atoms with Gasteiger partial charge in [0.25, 0.3) is 11.8 Å². The van der Waals surface area contributed by atoms with Crippen molar-refractivity contribution in [1.82, 2.24) is 5.32 Å². The molecule has 0 spiro atoms. The summed E-state index contributed by atoms with van der Waals surface area (Å²) in [5.74, 6) is -1.91. The van der Waals surface area contributed by atoms with Crippen LogP contribution in [0.25, 0.3) is 16.8 Å². The summed E-state index contributed by atoms with van der Waals surface area (Å²) in [5, 5.41) is 9.84. The number of thioether (sulfide) groups is 1. The second kappa shape index (κ2) is 14.7. The van der Waals surface area contributed by atoms with E-state index in [1.54, 1.807) is 97.9 Å². The zero-order valence-electron chi connectivity index (χ0n) is 27.9. The van der Waals surface area contributed by atoms with Gasteiger partial charge in [0.05, 0.1) is 16.5 Å². The quantitative estimate of drug-likeness (QED) is 0.103. The molecular formula is C43H31N3O5S. The van der Waals surface area contributed by atoms with Crippen LogP contribution in [0, 0.1) is 0 Å². The molecule has 3 amide bonds. The molecule has 9 heteroatoms. The summed E-state index contributed by atoms with van der Waals surface area (Å²) in [5.41, 5.74) is 3.02.